The predicted molar refractivity (Wildman–Crippen MR) is 84.1 cm³/mol. The smallest absolute Gasteiger partial charge is 0.174 e. The maximum atomic E-state index is 8.61. The third kappa shape index (κ3) is 5.37. The summed E-state index contributed by atoms with van der Waals surface area (Å²) in [5.74, 6) is 1.45. The molecule has 4 heteroatoms. The lowest BCUT2D eigenvalue weighted by Gasteiger charge is -2.20. The zero-order chi connectivity index (χ0) is 14.9. The zero-order valence-corrected chi connectivity index (χ0v) is 12.8. The normalized spacial score (nSPS) is 16.6. The molecule has 4 nitrogen and oxygen atoms in total. The molecule has 114 valence electrons. The van der Waals surface area contributed by atoms with Crippen molar-refractivity contribution >= 4 is 0 Å². The summed E-state index contributed by atoms with van der Waals surface area (Å²) in [6, 6.07) is 9.92. The number of hydrogen-bond acceptors (Lipinski definition) is 4. The Morgan fingerprint density at radius 2 is 2.10 bits per heavy atom. The number of likely N-dealkylation sites (tertiary alicyclic amines) is 1. The van der Waals surface area contributed by atoms with Gasteiger partial charge < -0.3 is 15.0 Å². The van der Waals surface area contributed by atoms with Gasteiger partial charge in [-0.2, -0.15) is 5.26 Å². The van der Waals surface area contributed by atoms with E-state index in [4.69, 9.17) is 10.00 Å². The van der Waals surface area contributed by atoms with Gasteiger partial charge in [-0.1, -0.05) is 25.1 Å². The monoisotopic (exact) mass is 287 g/mol. The van der Waals surface area contributed by atoms with Gasteiger partial charge in [-0.05, 0) is 44.5 Å². The SMILES string of the molecule is CC(CNCc1ccccc1OCC#N)CN1CCCC1. The molecule has 0 saturated carbocycles. The second-order valence-electron chi connectivity index (χ2n) is 5.80. The summed E-state index contributed by atoms with van der Waals surface area (Å²) >= 11 is 0. The van der Waals surface area contributed by atoms with Crippen molar-refractivity contribution in [3.05, 3.63) is 29.8 Å². The Hall–Kier alpha value is -1.57. The Labute approximate surface area is 127 Å². The summed E-state index contributed by atoms with van der Waals surface area (Å²) in [5.41, 5.74) is 1.11. The fourth-order valence-electron chi connectivity index (χ4n) is 2.82. The summed E-state index contributed by atoms with van der Waals surface area (Å²) < 4.78 is 5.44. The average molecular weight is 287 g/mol. The molecule has 1 fully saturated rings. The molecule has 1 aromatic rings. The lowest BCUT2D eigenvalue weighted by atomic mass is 10.1. The third-order valence-electron chi connectivity index (χ3n) is 3.84. The molecule has 1 unspecified atom stereocenters. The van der Waals surface area contributed by atoms with E-state index in [1.165, 1.54) is 32.5 Å². The molecule has 1 heterocycles. The van der Waals surface area contributed by atoms with Crippen LogP contribution >= 0.6 is 0 Å². The van der Waals surface area contributed by atoms with Crippen molar-refractivity contribution < 1.29 is 4.74 Å². The molecule has 1 aliphatic rings. The van der Waals surface area contributed by atoms with E-state index in [0.717, 1.165) is 24.4 Å². The Morgan fingerprint density at radius 3 is 2.86 bits per heavy atom. The van der Waals surface area contributed by atoms with Gasteiger partial charge in [0.1, 0.15) is 11.8 Å². The Kier molecular flexibility index (Phi) is 6.52. The molecule has 0 spiro atoms. The quantitative estimate of drug-likeness (QED) is 0.797. The first-order chi connectivity index (χ1) is 10.3. The Bertz CT molecular complexity index is 463. The van der Waals surface area contributed by atoms with Crippen LogP contribution in [0.4, 0.5) is 0 Å². The van der Waals surface area contributed by atoms with E-state index in [0.29, 0.717) is 5.92 Å². The highest BCUT2D eigenvalue weighted by atomic mass is 16.5. The number of nitrogens with one attached hydrogen (secondary N) is 1. The number of ether oxygens (including phenoxy) is 1. The molecule has 0 aromatic heterocycles. The molecule has 21 heavy (non-hydrogen) atoms. The minimum Gasteiger partial charge on any atom is -0.478 e. The molecule has 0 aliphatic carbocycles. The van der Waals surface area contributed by atoms with E-state index >= 15 is 0 Å². The van der Waals surface area contributed by atoms with Crippen LogP contribution in [-0.4, -0.2) is 37.7 Å². The highest BCUT2D eigenvalue weighted by Crippen LogP contribution is 2.17. The van der Waals surface area contributed by atoms with Crippen molar-refractivity contribution in [2.45, 2.75) is 26.3 Å². The molecule has 2 rings (SSSR count). The molecular weight excluding hydrogens is 262 g/mol. The first-order valence-corrected chi connectivity index (χ1v) is 7.80. The van der Waals surface area contributed by atoms with Gasteiger partial charge in [-0.25, -0.2) is 0 Å². The first kappa shape index (κ1) is 15.8. The van der Waals surface area contributed by atoms with E-state index in [9.17, 15) is 0 Å². The van der Waals surface area contributed by atoms with Crippen LogP contribution in [-0.2, 0) is 6.54 Å². The summed E-state index contributed by atoms with van der Waals surface area (Å²) in [6.45, 7) is 7.88. The van der Waals surface area contributed by atoms with Crippen LogP contribution < -0.4 is 10.1 Å². The number of hydrogen-bond donors (Lipinski definition) is 1. The molecule has 0 radical (unpaired) electrons. The van der Waals surface area contributed by atoms with E-state index in [1.807, 2.05) is 30.3 Å². The van der Waals surface area contributed by atoms with Gasteiger partial charge >= 0.3 is 0 Å². The van der Waals surface area contributed by atoms with Crippen molar-refractivity contribution in [1.82, 2.24) is 10.2 Å². The van der Waals surface area contributed by atoms with Crippen LogP contribution in [0.1, 0.15) is 25.3 Å². The topological polar surface area (TPSA) is 48.3 Å². The molecule has 1 N–H and O–H groups in total. The maximum Gasteiger partial charge on any atom is 0.174 e. The zero-order valence-electron chi connectivity index (χ0n) is 12.8. The van der Waals surface area contributed by atoms with Gasteiger partial charge in [0.2, 0.25) is 0 Å². The summed E-state index contributed by atoms with van der Waals surface area (Å²) in [4.78, 5) is 2.55. The standard InChI is InChI=1S/C17H25N3O/c1-15(14-20-9-4-5-10-20)12-19-13-16-6-2-3-7-17(16)21-11-8-18/h2-3,6-7,15,19H,4-5,9-14H2,1H3. The van der Waals surface area contributed by atoms with Gasteiger partial charge in [-0.15, -0.1) is 0 Å². The molecule has 1 aliphatic heterocycles. The van der Waals surface area contributed by atoms with Crippen LogP contribution in [0.3, 0.4) is 0 Å². The maximum absolute atomic E-state index is 8.61. The van der Waals surface area contributed by atoms with Gasteiger partial charge in [0, 0.05) is 18.7 Å². The number of nitrogens with zero attached hydrogens (tertiary/aromatic N) is 2. The minimum atomic E-state index is 0.0996. The molecule has 0 amide bonds. The van der Waals surface area contributed by atoms with Crippen molar-refractivity contribution in [3.8, 4) is 11.8 Å². The minimum absolute atomic E-state index is 0.0996. The van der Waals surface area contributed by atoms with Crippen molar-refractivity contribution in [2.24, 2.45) is 5.92 Å². The van der Waals surface area contributed by atoms with Gasteiger partial charge in [0.25, 0.3) is 0 Å². The van der Waals surface area contributed by atoms with Crippen LogP contribution in [0.25, 0.3) is 0 Å². The number of benzene rings is 1. The fraction of sp³-hybridized carbons (Fsp3) is 0.588. The van der Waals surface area contributed by atoms with Crippen molar-refractivity contribution in [2.75, 3.05) is 32.8 Å². The lowest BCUT2D eigenvalue weighted by Crippen LogP contribution is -2.31. The molecule has 1 aromatic carbocycles. The molecule has 0 bridgehead atoms. The Morgan fingerprint density at radius 1 is 1.33 bits per heavy atom. The third-order valence-corrected chi connectivity index (χ3v) is 3.84. The number of rotatable bonds is 8. The van der Waals surface area contributed by atoms with Crippen LogP contribution in [0.2, 0.25) is 0 Å². The Balaban J connectivity index is 1.73. The lowest BCUT2D eigenvalue weighted by molar-refractivity contribution is 0.282. The average Bonchev–Trinajstić information content (AvgIpc) is 2.99. The fourth-order valence-corrected chi connectivity index (χ4v) is 2.82. The van der Waals surface area contributed by atoms with Gasteiger partial charge in [0.05, 0.1) is 0 Å². The highest BCUT2D eigenvalue weighted by molar-refractivity contribution is 5.33. The summed E-state index contributed by atoms with van der Waals surface area (Å²) in [6.07, 6.45) is 2.70. The van der Waals surface area contributed by atoms with E-state index in [2.05, 4.69) is 17.1 Å². The molecular formula is C17H25N3O. The van der Waals surface area contributed by atoms with Gasteiger partial charge in [0.15, 0.2) is 6.61 Å². The van der Waals surface area contributed by atoms with Crippen LogP contribution in [0, 0.1) is 17.2 Å². The summed E-state index contributed by atoms with van der Waals surface area (Å²) in [7, 11) is 0. The number of para-hydroxylation sites is 1. The molecule has 1 atom stereocenters. The second kappa shape index (κ2) is 8.66. The molecule has 1 saturated heterocycles. The van der Waals surface area contributed by atoms with Gasteiger partial charge in [-0.3, -0.25) is 0 Å². The largest absolute Gasteiger partial charge is 0.478 e. The van der Waals surface area contributed by atoms with Crippen molar-refractivity contribution in [3.63, 3.8) is 0 Å². The number of nitriles is 1. The van der Waals surface area contributed by atoms with E-state index < -0.39 is 0 Å². The van der Waals surface area contributed by atoms with Crippen LogP contribution in [0.5, 0.6) is 5.75 Å². The van der Waals surface area contributed by atoms with E-state index in [1.54, 1.807) is 0 Å². The van der Waals surface area contributed by atoms with Crippen molar-refractivity contribution in [1.29, 1.82) is 5.26 Å². The first-order valence-electron chi connectivity index (χ1n) is 7.80. The summed E-state index contributed by atoms with van der Waals surface area (Å²) in [5, 5.41) is 12.1. The van der Waals surface area contributed by atoms with E-state index in [-0.39, 0.29) is 6.61 Å². The second-order valence-corrected chi connectivity index (χ2v) is 5.80. The predicted octanol–water partition coefficient (Wildman–Crippen LogP) is 2.41. The highest BCUT2D eigenvalue weighted by Gasteiger charge is 2.14. The van der Waals surface area contributed by atoms with Crippen LogP contribution in [0.15, 0.2) is 24.3 Å².